The first-order valence-corrected chi connectivity index (χ1v) is 17.3. The number of ketones is 1. The third-order valence-electron chi connectivity index (χ3n) is 7.75. The molecule has 3 aromatic rings. The van der Waals surface area contributed by atoms with Crippen molar-refractivity contribution in [2.45, 2.75) is 0 Å². The number of hydrogen-bond donors (Lipinski definition) is 1. The van der Waals surface area contributed by atoms with Gasteiger partial charge in [0.25, 0.3) is 17.6 Å². The molecule has 2 heterocycles. The molecule has 1 aromatic heterocycles. The molecule has 16 nitrogen and oxygen atoms in total. The fourth-order valence-electron chi connectivity index (χ4n) is 5.19. The number of para-hydroxylation sites is 1. The van der Waals surface area contributed by atoms with E-state index < -0.39 is 11.7 Å². The summed E-state index contributed by atoms with van der Waals surface area (Å²) in [6.45, 7) is 5.60. The minimum absolute atomic E-state index is 0.216. The van der Waals surface area contributed by atoms with Crippen LogP contribution in [0.15, 0.2) is 52.2 Å². The molecule has 1 fully saturated rings. The van der Waals surface area contributed by atoms with Crippen molar-refractivity contribution in [3.63, 3.8) is 0 Å². The van der Waals surface area contributed by atoms with Crippen LogP contribution in [0.25, 0.3) is 21.3 Å². The molecule has 0 radical (unpaired) electrons. The number of benzene rings is 2. The normalized spacial score (nSPS) is 12.9. The number of H-pyrrole nitrogens is 1. The number of rotatable bonds is 23. The third-order valence-corrected chi connectivity index (χ3v) is 8.41. The van der Waals surface area contributed by atoms with E-state index in [1.54, 1.807) is 41.3 Å². The lowest BCUT2D eigenvalue weighted by Crippen LogP contribution is -2.52. The maximum Gasteiger partial charge on any atom is 0.295 e. The number of amides is 2. The van der Waals surface area contributed by atoms with E-state index in [2.05, 4.69) is 30.9 Å². The van der Waals surface area contributed by atoms with Gasteiger partial charge in [-0.05, 0) is 45.7 Å². The van der Waals surface area contributed by atoms with Crippen molar-refractivity contribution in [1.29, 1.82) is 0 Å². The summed E-state index contributed by atoms with van der Waals surface area (Å²) >= 11 is 3.46. The molecule has 1 aliphatic heterocycles. The number of Topliss-reactive ketones (excluding diaryl/α,β-unsaturated/α-hetero) is 1. The van der Waals surface area contributed by atoms with Crippen molar-refractivity contribution in [2.24, 2.45) is 5.11 Å². The number of piperazine rings is 1. The van der Waals surface area contributed by atoms with Crippen molar-refractivity contribution in [2.75, 3.05) is 113 Å². The maximum atomic E-state index is 13.4. The minimum Gasteiger partial charge on any atom is -0.496 e. The molecular formula is C34H43BrN6O10. The van der Waals surface area contributed by atoms with Gasteiger partial charge in [0.05, 0.1) is 95.2 Å². The molecule has 17 heteroatoms. The molecule has 0 aliphatic carbocycles. The van der Waals surface area contributed by atoms with Gasteiger partial charge in [-0.3, -0.25) is 14.4 Å². The summed E-state index contributed by atoms with van der Waals surface area (Å²) in [6.07, 6.45) is 1.52. The molecule has 4 rings (SSSR count). The second kappa shape index (κ2) is 21.9. The summed E-state index contributed by atoms with van der Waals surface area (Å²) < 4.78 is 39.2. The number of carbonyl (C=O) groups excluding carboxylic acids is 3. The van der Waals surface area contributed by atoms with Gasteiger partial charge in [-0.2, -0.15) is 0 Å². The Hall–Kier alpha value is -4.22. The molecular weight excluding hydrogens is 732 g/mol. The third kappa shape index (κ3) is 11.9. The zero-order valence-electron chi connectivity index (χ0n) is 28.6. The molecule has 0 saturated carbocycles. The predicted octanol–water partition coefficient (Wildman–Crippen LogP) is 3.88. The molecule has 51 heavy (non-hydrogen) atoms. The molecule has 0 spiro atoms. The average molecular weight is 776 g/mol. The Morgan fingerprint density at radius 2 is 1.33 bits per heavy atom. The molecule has 1 saturated heterocycles. The minimum atomic E-state index is -0.642. The fourth-order valence-corrected chi connectivity index (χ4v) is 5.63. The van der Waals surface area contributed by atoms with Crippen LogP contribution in [0.1, 0.15) is 20.7 Å². The number of azide groups is 1. The van der Waals surface area contributed by atoms with Crippen molar-refractivity contribution < 1.29 is 47.5 Å². The standard InChI is InChI=1S/C34H43BrN6O10/c1-45-29-7-6-27(35)31-30(29)26(24-37-31)32(42)34(44)41-11-9-40(10-12-41)33(43)25-4-2-3-5-28(25)51-23-22-50-21-20-49-19-18-48-17-16-47-15-14-46-13-8-38-39-36/h2-7,24,37H,8-23H2,1H3. The predicted molar refractivity (Wildman–Crippen MR) is 189 cm³/mol. The second-order valence-corrected chi connectivity index (χ2v) is 11.8. The van der Waals surface area contributed by atoms with Crippen molar-refractivity contribution in [1.82, 2.24) is 14.8 Å². The van der Waals surface area contributed by atoms with E-state index >= 15 is 0 Å². The van der Waals surface area contributed by atoms with Crippen LogP contribution in [0.3, 0.4) is 0 Å². The number of fused-ring (bicyclic) bond motifs is 1. The summed E-state index contributed by atoms with van der Waals surface area (Å²) in [4.78, 5) is 48.7. The largest absolute Gasteiger partial charge is 0.496 e. The Balaban J connectivity index is 1.09. The number of halogens is 1. The van der Waals surface area contributed by atoms with Crippen molar-refractivity contribution in [3.8, 4) is 11.5 Å². The van der Waals surface area contributed by atoms with Crippen LogP contribution in [0.4, 0.5) is 0 Å². The Morgan fingerprint density at radius 3 is 1.94 bits per heavy atom. The van der Waals surface area contributed by atoms with E-state index in [1.807, 2.05) is 0 Å². The summed E-state index contributed by atoms with van der Waals surface area (Å²) in [5, 5.41) is 3.91. The zero-order valence-corrected chi connectivity index (χ0v) is 30.1. The highest BCUT2D eigenvalue weighted by Crippen LogP contribution is 2.34. The second-order valence-electron chi connectivity index (χ2n) is 11.0. The van der Waals surface area contributed by atoms with Gasteiger partial charge in [-0.15, -0.1) is 0 Å². The summed E-state index contributed by atoms with van der Waals surface area (Å²) in [5.41, 5.74) is 9.49. The molecule has 1 N–H and O–H groups in total. The highest BCUT2D eigenvalue weighted by molar-refractivity contribution is 9.10. The summed E-state index contributed by atoms with van der Waals surface area (Å²) in [6, 6.07) is 10.5. The maximum absolute atomic E-state index is 13.4. The van der Waals surface area contributed by atoms with Crippen LogP contribution < -0.4 is 9.47 Å². The lowest BCUT2D eigenvalue weighted by atomic mass is 10.1. The monoisotopic (exact) mass is 774 g/mol. The van der Waals surface area contributed by atoms with Crippen LogP contribution >= 0.6 is 15.9 Å². The molecule has 0 atom stereocenters. The number of aromatic amines is 1. The van der Waals surface area contributed by atoms with Gasteiger partial charge in [-0.25, -0.2) is 0 Å². The van der Waals surface area contributed by atoms with E-state index in [9.17, 15) is 14.4 Å². The summed E-state index contributed by atoms with van der Waals surface area (Å²) in [7, 11) is 1.51. The first-order chi connectivity index (χ1) is 25.0. The van der Waals surface area contributed by atoms with E-state index in [-0.39, 0.29) is 44.3 Å². The van der Waals surface area contributed by atoms with Crippen LogP contribution in [-0.4, -0.2) is 145 Å². The highest BCUT2D eigenvalue weighted by atomic mass is 79.9. The fraction of sp³-hybridized carbons (Fsp3) is 0.500. The Morgan fingerprint density at radius 1 is 0.765 bits per heavy atom. The topological polar surface area (TPSA) is 187 Å². The van der Waals surface area contributed by atoms with Crippen LogP contribution in [0.2, 0.25) is 0 Å². The van der Waals surface area contributed by atoms with Gasteiger partial charge in [0.2, 0.25) is 0 Å². The van der Waals surface area contributed by atoms with Crippen LogP contribution in [0.5, 0.6) is 11.5 Å². The van der Waals surface area contributed by atoms with Gasteiger partial charge < -0.3 is 47.9 Å². The van der Waals surface area contributed by atoms with Gasteiger partial charge >= 0.3 is 0 Å². The molecule has 276 valence electrons. The smallest absolute Gasteiger partial charge is 0.295 e. The highest BCUT2D eigenvalue weighted by Gasteiger charge is 2.31. The lowest BCUT2D eigenvalue weighted by molar-refractivity contribution is -0.127. The quantitative estimate of drug-likeness (QED) is 0.0370. The molecule has 2 amide bonds. The zero-order chi connectivity index (χ0) is 36.3. The molecule has 0 unspecified atom stereocenters. The molecule has 1 aliphatic rings. The first kappa shape index (κ1) is 39.6. The molecule has 2 aromatic carbocycles. The van der Waals surface area contributed by atoms with Gasteiger partial charge in [0, 0.05) is 48.3 Å². The average Bonchev–Trinajstić information content (AvgIpc) is 3.62. The van der Waals surface area contributed by atoms with Gasteiger partial charge in [0.1, 0.15) is 18.1 Å². The van der Waals surface area contributed by atoms with Gasteiger partial charge in [-0.1, -0.05) is 17.2 Å². The lowest BCUT2D eigenvalue weighted by Gasteiger charge is -2.34. The Kier molecular flexibility index (Phi) is 17.0. The summed E-state index contributed by atoms with van der Waals surface area (Å²) in [5.74, 6) is -0.564. The SMILES string of the molecule is COc1ccc(Br)c2[nH]cc(C(=O)C(=O)N3CCN(C(=O)c4ccccc4OCCOCCOCCOCCOCCOCCN=[N+]=[N-])CC3)c12. The number of methoxy groups -OCH3 is 1. The molecule has 0 bridgehead atoms. The number of nitrogens with one attached hydrogen (secondary N) is 1. The van der Waals surface area contributed by atoms with Crippen molar-refractivity contribution in [3.05, 3.63) is 68.6 Å². The van der Waals surface area contributed by atoms with E-state index in [1.165, 1.54) is 18.2 Å². The van der Waals surface area contributed by atoms with Gasteiger partial charge in [0.15, 0.2) is 0 Å². The number of carbonyl (C=O) groups is 3. The Bertz CT molecular complexity index is 1620. The van der Waals surface area contributed by atoms with Crippen LogP contribution in [0, 0.1) is 0 Å². The van der Waals surface area contributed by atoms with Crippen LogP contribution in [-0.2, 0) is 28.5 Å². The number of aromatic nitrogens is 1. The van der Waals surface area contributed by atoms with E-state index in [0.717, 1.165) is 4.47 Å². The van der Waals surface area contributed by atoms with E-state index in [0.29, 0.717) is 101 Å². The number of hydrogen-bond acceptors (Lipinski definition) is 11. The van der Waals surface area contributed by atoms with E-state index in [4.69, 9.17) is 38.7 Å². The number of ether oxygens (including phenoxy) is 7. The number of nitrogens with zero attached hydrogens (tertiary/aromatic N) is 5. The first-order valence-electron chi connectivity index (χ1n) is 16.5. The Labute approximate surface area is 303 Å². The van der Waals surface area contributed by atoms with Crippen molar-refractivity contribution >= 4 is 44.4 Å².